The van der Waals surface area contributed by atoms with Crippen molar-refractivity contribution in [2.75, 3.05) is 7.05 Å². The summed E-state index contributed by atoms with van der Waals surface area (Å²) in [6.45, 7) is 0. The van der Waals surface area contributed by atoms with Crippen molar-refractivity contribution in [1.29, 1.82) is 0 Å². The molecule has 1 aliphatic rings. The number of benzene rings is 7. The predicted octanol–water partition coefficient (Wildman–Crippen LogP) is 10.2. The van der Waals surface area contributed by atoms with E-state index in [1.165, 1.54) is 4.90 Å². The molecule has 0 fully saturated rings. The van der Waals surface area contributed by atoms with Gasteiger partial charge in [0.2, 0.25) is 0 Å². The Morgan fingerprint density at radius 2 is 0.787 bits per heavy atom. The van der Waals surface area contributed by atoms with Crippen LogP contribution in [0.4, 0.5) is 0 Å². The molecule has 0 saturated heterocycles. The van der Waals surface area contributed by atoms with Crippen molar-refractivity contribution >= 4 is 27.7 Å². The lowest BCUT2D eigenvalue weighted by Crippen LogP contribution is -2.22. The van der Waals surface area contributed by atoms with E-state index in [0.717, 1.165) is 55.2 Å². The summed E-state index contributed by atoms with van der Waals surface area (Å²) in [4.78, 5) is 46.1. The highest BCUT2D eigenvalue weighted by atomic mass is 16.3. The summed E-state index contributed by atoms with van der Waals surface area (Å²) in [6.07, 6.45) is -1.11. The summed E-state index contributed by atoms with van der Waals surface area (Å²) >= 11 is 0. The van der Waals surface area contributed by atoms with Crippen molar-refractivity contribution in [2.24, 2.45) is 0 Å². The highest BCUT2D eigenvalue weighted by Gasteiger charge is 2.36. The van der Waals surface area contributed by atoms with Crippen LogP contribution in [0.25, 0.3) is 95.8 Å². The zero-order chi connectivity index (χ0) is 41.0. The highest BCUT2D eigenvalue weighted by molar-refractivity contribution is 6.17. The molecule has 11 rings (SSSR count). The van der Waals surface area contributed by atoms with Gasteiger partial charge in [0, 0.05) is 56.8 Å². The number of carbonyl (C=O) groups is 1. The third-order valence-electron chi connectivity index (χ3n) is 11.2. The van der Waals surface area contributed by atoms with Gasteiger partial charge in [0.25, 0.3) is 5.91 Å². The zero-order valence-corrected chi connectivity index (χ0v) is 32.8. The van der Waals surface area contributed by atoms with Gasteiger partial charge in [0.15, 0.2) is 41.2 Å². The van der Waals surface area contributed by atoms with Gasteiger partial charge in [0.1, 0.15) is 0 Å². The number of fused-ring (bicyclic) bond motifs is 4. The number of para-hydroxylation sites is 2. The summed E-state index contributed by atoms with van der Waals surface area (Å²) in [5.41, 5.74) is 7.87. The molecule has 1 unspecified atom stereocenters. The van der Waals surface area contributed by atoms with Gasteiger partial charge in [-0.1, -0.05) is 158 Å². The number of rotatable bonds is 7. The molecular weight excluding hydrogens is 757 g/mol. The molecule has 0 bridgehead atoms. The number of hydrogen-bond donors (Lipinski definition) is 1. The van der Waals surface area contributed by atoms with E-state index in [1.54, 1.807) is 13.1 Å². The summed E-state index contributed by atoms with van der Waals surface area (Å²) < 4.78 is 2.10. The Labute approximate surface area is 350 Å². The molecule has 10 aromatic rings. The molecule has 1 N–H and O–H groups in total. The van der Waals surface area contributed by atoms with E-state index in [9.17, 15) is 9.90 Å². The minimum atomic E-state index is -1.11. The van der Waals surface area contributed by atoms with Gasteiger partial charge < -0.3 is 14.6 Å². The van der Waals surface area contributed by atoms with E-state index >= 15 is 0 Å². The first kappa shape index (κ1) is 35.9. The van der Waals surface area contributed by atoms with Crippen molar-refractivity contribution in [3.8, 4) is 74.0 Å². The highest BCUT2D eigenvalue weighted by Crippen LogP contribution is 2.44. The first-order valence-electron chi connectivity index (χ1n) is 19.9. The van der Waals surface area contributed by atoms with Gasteiger partial charge in [-0.2, -0.15) is 0 Å². The standard InChI is InChI=1S/C51H34N8O2/c1-58-50(60)37-27-16-30-40(41(37)51(58)61)59-42-35(25-14-28-38(42)48-54-44(31-17-6-2-7-18-31)52-45(55-48)32-19-8-3-9-20-32)36-26-15-29-39(43(36)59)49-56-46(33-21-10-4-11-22-33)53-47(57-49)34-23-12-5-13-24-34/h2-30,50,60H,1H3. The van der Waals surface area contributed by atoms with E-state index in [2.05, 4.69) is 16.7 Å². The smallest absolute Gasteiger partial charge is 0.258 e. The predicted molar refractivity (Wildman–Crippen MR) is 237 cm³/mol. The lowest BCUT2D eigenvalue weighted by Gasteiger charge is -2.16. The van der Waals surface area contributed by atoms with Crippen LogP contribution in [-0.2, 0) is 0 Å². The van der Waals surface area contributed by atoms with Gasteiger partial charge in [-0.15, -0.1) is 0 Å². The van der Waals surface area contributed by atoms with Gasteiger partial charge in [-0.05, 0) is 18.2 Å². The third-order valence-corrected chi connectivity index (χ3v) is 11.2. The van der Waals surface area contributed by atoms with Gasteiger partial charge in [-0.25, -0.2) is 29.9 Å². The second kappa shape index (κ2) is 14.6. The van der Waals surface area contributed by atoms with Crippen LogP contribution in [0.1, 0.15) is 22.1 Å². The Morgan fingerprint density at radius 1 is 0.426 bits per heavy atom. The van der Waals surface area contributed by atoms with E-state index in [-0.39, 0.29) is 5.91 Å². The number of aliphatic hydroxyl groups is 1. The molecule has 0 saturated carbocycles. The number of nitrogens with zero attached hydrogens (tertiary/aromatic N) is 8. The minimum absolute atomic E-state index is 0.293. The van der Waals surface area contributed by atoms with E-state index in [0.29, 0.717) is 51.8 Å². The fourth-order valence-electron chi connectivity index (χ4n) is 8.26. The molecule has 10 nitrogen and oxygen atoms in total. The van der Waals surface area contributed by atoms with E-state index in [1.807, 2.05) is 158 Å². The summed E-state index contributed by atoms with van der Waals surface area (Å²) in [6, 6.07) is 57.2. The first-order chi connectivity index (χ1) is 30.0. The summed E-state index contributed by atoms with van der Waals surface area (Å²) in [7, 11) is 1.61. The van der Waals surface area contributed by atoms with Crippen molar-refractivity contribution in [3.05, 3.63) is 187 Å². The number of carbonyl (C=O) groups excluding carboxylic acids is 1. The monoisotopic (exact) mass is 790 g/mol. The Bertz CT molecular complexity index is 3000. The molecule has 1 amide bonds. The van der Waals surface area contributed by atoms with Crippen LogP contribution in [0.2, 0.25) is 0 Å². The normalized spacial score (nSPS) is 13.6. The Balaban J connectivity index is 1.26. The topological polar surface area (TPSA) is 123 Å². The number of aliphatic hydroxyl groups excluding tert-OH is 1. The fourth-order valence-corrected chi connectivity index (χ4v) is 8.26. The summed E-state index contributed by atoms with van der Waals surface area (Å²) in [5, 5.41) is 13.1. The molecule has 0 spiro atoms. The summed E-state index contributed by atoms with van der Waals surface area (Å²) in [5.74, 6) is 2.72. The van der Waals surface area contributed by atoms with E-state index < -0.39 is 6.23 Å². The van der Waals surface area contributed by atoms with Crippen molar-refractivity contribution < 1.29 is 9.90 Å². The lowest BCUT2D eigenvalue weighted by molar-refractivity contribution is 0.0301. The molecular formula is C51H34N8O2. The molecule has 7 aromatic carbocycles. The molecule has 61 heavy (non-hydrogen) atoms. The Kier molecular flexibility index (Phi) is 8.57. The maximum atomic E-state index is 14.2. The maximum absolute atomic E-state index is 14.2. The molecule has 0 aliphatic carbocycles. The van der Waals surface area contributed by atoms with Gasteiger partial charge in [0.05, 0.1) is 22.3 Å². The molecule has 1 aliphatic heterocycles. The van der Waals surface area contributed by atoms with Crippen LogP contribution in [0, 0.1) is 0 Å². The van der Waals surface area contributed by atoms with Crippen molar-refractivity contribution in [2.45, 2.75) is 6.23 Å². The average Bonchev–Trinajstić information content (AvgIpc) is 3.79. The molecule has 0 radical (unpaired) electrons. The van der Waals surface area contributed by atoms with Gasteiger partial charge >= 0.3 is 0 Å². The molecule has 290 valence electrons. The van der Waals surface area contributed by atoms with Gasteiger partial charge in [-0.3, -0.25) is 4.79 Å². The van der Waals surface area contributed by atoms with Crippen LogP contribution in [0.3, 0.4) is 0 Å². The molecule has 4 heterocycles. The Hall–Kier alpha value is -8.21. The number of hydrogen-bond acceptors (Lipinski definition) is 8. The van der Waals surface area contributed by atoms with Crippen LogP contribution >= 0.6 is 0 Å². The molecule has 10 heteroatoms. The number of aromatic nitrogens is 7. The second-order valence-corrected chi connectivity index (χ2v) is 14.8. The number of amides is 1. The third kappa shape index (κ3) is 6.04. The molecule has 1 atom stereocenters. The second-order valence-electron chi connectivity index (χ2n) is 14.8. The SMILES string of the molecule is CN1C(=O)c2c(cccc2-n2c3c(-c4nc(-c5ccccc5)nc(-c5ccccc5)n4)cccc3c3cccc(-c4nc(-c5ccccc5)nc(-c5ccccc5)n4)c32)C1O. The van der Waals surface area contributed by atoms with Crippen molar-refractivity contribution in [1.82, 2.24) is 39.4 Å². The van der Waals surface area contributed by atoms with Crippen LogP contribution < -0.4 is 0 Å². The van der Waals surface area contributed by atoms with Crippen LogP contribution in [-0.4, -0.2) is 57.4 Å². The quantitative estimate of drug-likeness (QED) is 0.169. The average molecular weight is 791 g/mol. The lowest BCUT2D eigenvalue weighted by atomic mass is 10.1. The fraction of sp³-hybridized carbons (Fsp3) is 0.0392. The van der Waals surface area contributed by atoms with Crippen LogP contribution in [0.5, 0.6) is 0 Å². The van der Waals surface area contributed by atoms with Crippen LogP contribution in [0.15, 0.2) is 176 Å². The molecule has 3 aromatic heterocycles. The maximum Gasteiger partial charge on any atom is 0.258 e. The zero-order valence-electron chi connectivity index (χ0n) is 32.8. The van der Waals surface area contributed by atoms with Crippen molar-refractivity contribution in [3.63, 3.8) is 0 Å². The first-order valence-corrected chi connectivity index (χ1v) is 19.9. The van der Waals surface area contributed by atoms with E-state index in [4.69, 9.17) is 29.9 Å². The minimum Gasteiger partial charge on any atom is -0.369 e. The largest absolute Gasteiger partial charge is 0.369 e. The Morgan fingerprint density at radius 3 is 1.18 bits per heavy atom.